The van der Waals surface area contributed by atoms with Crippen molar-refractivity contribution in [2.45, 2.75) is 19.4 Å². The van der Waals surface area contributed by atoms with E-state index < -0.39 is 0 Å². The van der Waals surface area contributed by atoms with E-state index in [1.165, 1.54) is 5.56 Å². The van der Waals surface area contributed by atoms with E-state index in [1.807, 2.05) is 30.2 Å². The van der Waals surface area contributed by atoms with Crippen LogP contribution in [0.15, 0.2) is 42.7 Å². The number of hydrogen-bond acceptors (Lipinski definition) is 2. The van der Waals surface area contributed by atoms with Gasteiger partial charge in [0.25, 0.3) is 0 Å². The van der Waals surface area contributed by atoms with E-state index in [9.17, 15) is 0 Å². The highest BCUT2D eigenvalue weighted by Gasteiger charge is 2.06. The molecule has 0 aliphatic rings. The van der Waals surface area contributed by atoms with Gasteiger partial charge in [-0.15, -0.1) is 12.4 Å². The van der Waals surface area contributed by atoms with E-state index >= 15 is 0 Å². The molecule has 1 atom stereocenters. The molecule has 1 aromatic heterocycles. The zero-order valence-corrected chi connectivity index (χ0v) is 10.9. The van der Waals surface area contributed by atoms with Crippen molar-refractivity contribution >= 4 is 18.1 Å². The van der Waals surface area contributed by atoms with Gasteiger partial charge in [-0.1, -0.05) is 30.3 Å². The topological polar surface area (TPSA) is 29.9 Å². The quantitative estimate of drug-likeness (QED) is 0.905. The van der Waals surface area contributed by atoms with E-state index in [1.54, 1.807) is 0 Å². The molecule has 0 radical (unpaired) electrons. The molecule has 0 fully saturated rings. The molecule has 3 nitrogen and oxygen atoms in total. The molecule has 1 unspecified atom stereocenters. The number of hydrogen-bond donors (Lipinski definition) is 1. The van der Waals surface area contributed by atoms with Gasteiger partial charge in [-0.25, -0.2) is 0 Å². The van der Waals surface area contributed by atoms with Crippen LogP contribution in [0.4, 0.5) is 5.69 Å². The summed E-state index contributed by atoms with van der Waals surface area (Å²) in [6, 6.07) is 10.9. The molecule has 0 bridgehead atoms. The van der Waals surface area contributed by atoms with Gasteiger partial charge in [-0.05, 0) is 18.9 Å². The monoisotopic (exact) mass is 251 g/mol. The molecule has 0 amide bonds. The molecule has 2 rings (SSSR count). The molecule has 0 saturated heterocycles. The summed E-state index contributed by atoms with van der Waals surface area (Å²) >= 11 is 0. The van der Waals surface area contributed by atoms with Crippen LogP contribution in [-0.4, -0.2) is 16.8 Å². The Morgan fingerprint density at radius 2 is 2.00 bits per heavy atom. The number of nitrogens with zero attached hydrogens (tertiary/aromatic N) is 2. The van der Waals surface area contributed by atoms with Crippen molar-refractivity contribution in [1.82, 2.24) is 9.78 Å². The molecule has 0 aliphatic heterocycles. The molecule has 1 aromatic carbocycles. The average molecular weight is 252 g/mol. The predicted octanol–water partition coefficient (Wildman–Crippen LogP) is 3.15. The molecule has 0 spiro atoms. The fraction of sp³-hybridized carbons (Fsp3) is 0.308. The summed E-state index contributed by atoms with van der Waals surface area (Å²) in [5, 5.41) is 7.42. The lowest BCUT2D eigenvalue weighted by Gasteiger charge is -2.11. The summed E-state index contributed by atoms with van der Waals surface area (Å²) in [5.74, 6) is 0. The van der Waals surface area contributed by atoms with Gasteiger partial charge >= 0.3 is 0 Å². The molecule has 4 heteroatoms. The maximum Gasteiger partial charge on any atom is 0.0724 e. The maximum atomic E-state index is 4.34. The van der Waals surface area contributed by atoms with E-state index in [0.29, 0.717) is 6.04 Å². The fourth-order valence-electron chi connectivity index (χ4n) is 1.76. The standard InChI is InChI=1S/C13H17N3.ClH/c1-11(8-12-6-4-3-5-7-12)16-10-13(14-2)9-15-16;/h3-7,9-11,14H,8H2,1-2H3;1H. The molecule has 92 valence electrons. The van der Waals surface area contributed by atoms with Gasteiger partial charge in [0.15, 0.2) is 0 Å². The number of aromatic nitrogens is 2. The lowest BCUT2D eigenvalue weighted by Crippen LogP contribution is -2.08. The van der Waals surface area contributed by atoms with Crippen LogP contribution in [0.25, 0.3) is 0 Å². The highest BCUT2D eigenvalue weighted by molar-refractivity contribution is 5.85. The minimum absolute atomic E-state index is 0. The molecule has 0 aliphatic carbocycles. The summed E-state index contributed by atoms with van der Waals surface area (Å²) in [5.41, 5.74) is 2.40. The predicted molar refractivity (Wildman–Crippen MR) is 73.9 cm³/mol. The van der Waals surface area contributed by atoms with Gasteiger partial charge in [0.2, 0.25) is 0 Å². The first kappa shape index (κ1) is 13.6. The van der Waals surface area contributed by atoms with Crippen LogP contribution < -0.4 is 5.32 Å². The molecule has 17 heavy (non-hydrogen) atoms. The van der Waals surface area contributed by atoms with Crippen molar-refractivity contribution < 1.29 is 0 Å². The van der Waals surface area contributed by atoms with Crippen LogP contribution in [0.3, 0.4) is 0 Å². The number of benzene rings is 1. The third kappa shape index (κ3) is 3.49. The Balaban J connectivity index is 0.00000144. The lowest BCUT2D eigenvalue weighted by molar-refractivity contribution is 0.489. The summed E-state index contributed by atoms with van der Waals surface area (Å²) in [7, 11) is 1.91. The van der Waals surface area contributed by atoms with Crippen LogP contribution in [-0.2, 0) is 6.42 Å². The lowest BCUT2D eigenvalue weighted by atomic mass is 10.1. The van der Waals surface area contributed by atoms with Crippen LogP contribution in [0.2, 0.25) is 0 Å². The van der Waals surface area contributed by atoms with Crippen LogP contribution in [0.5, 0.6) is 0 Å². The number of halogens is 1. The average Bonchev–Trinajstić information content (AvgIpc) is 2.79. The largest absolute Gasteiger partial charge is 0.386 e. The van der Waals surface area contributed by atoms with Crippen molar-refractivity contribution in [2.24, 2.45) is 0 Å². The first-order valence-corrected chi connectivity index (χ1v) is 5.55. The second kappa shape index (κ2) is 6.30. The van der Waals surface area contributed by atoms with E-state index in [-0.39, 0.29) is 12.4 Å². The number of anilines is 1. The number of rotatable bonds is 4. The third-order valence-electron chi connectivity index (χ3n) is 2.72. The third-order valence-corrected chi connectivity index (χ3v) is 2.72. The first-order chi connectivity index (χ1) is 7.79. The van der Waals surface area contributed by atoms with Gasteiger partial charge in [0.05, 0.1) is 17.9 Å². The molecule has 0 saturated carbocycles. The van der Waals surface area contributed by atoms with E-state index in [4.69, 9.17) is 0 Å². The van der Waals surface area contributed by atoms with E-state index in [2.05, 4.69) is 41.6 Å². The van der Waals surface area contributed by atoms with Crippen molar-refractivity contribution in [3.05, 3.63) is 48.3 Å². The molecule has 2 aromatic rings. The second-order valence-electron chi connectivity index (χ2n) is 4.00. The summed E-state index contributed by atoms with van der Waals surface area (Å²) in [4.78, 5) is 0. The Morgan fingerprint density at radius 3 is 2.59 bits per heavy atom. The normalized spacial score (nSPS) is 11.6. The molecule has 1 N–H and O–H groups in total. The van der Waals surface area contributed by atoms with Crippen molar-refractivity contribution in [1.29, 1.82) is 0 Å². The Morgan fingerprint density at radius 1 is 1.29 bits per heavy atom. The number of nitrogens with one attached hydrogen (secondary N) is 1. The van der Waals surface area contributed by atoms with E-state index in [0.717, 1.165) is 12.1 Å². The van der Waals surface area contributed by atoms with Gasteiger partial charge in [-0.2, -0.15) is 5.10 Å². The van der Waals surface area contributed by atoms with Gasteiger partial charge in [0.1, 0.15) is 0 Å². The zero-order valence-electron chi connectivity index (χ0n) is 10.1. The zero-order chi connectivity index (χ0) is 11.4. The maximum absolute atomic E-state index is 4.34. The Labute approximate surface area is 108 Å². The van der Waals surface area contributed by atoms with Gasteiger partial charge in [-0.3, -0.25) is 4.68 Å². The van der Waals surface area contributed by atoms with Crippen LogP contribution >= 0.6 is 12.4 Å². The second-order valence-corrected chi connectivity index (χ2v) is 4.00. The molecular formula is C13H18ClN3. The highest BCUT2D eigenvalue weighted by Crippen LogP contribution is 2.15. The molecule has 1 heterocycles. The van der Waals surface area contributed by atoms with Crippen molar-refractivity contribution in [3.63, 3.8) is 0 Å². The van der Waals surface area contributed by atoms with Crippen molar-refractivity contribution in [3.8, 4) is 0 Å². The van der Waals surface area contributed by atoms with Crippen LogP contribution in [0.1, 0.15) is 18.5 Å². The smallest absolute Gasteiger partial charge is 0.0724 e. The van der Waals surface area contributed by atoms with Gasteiger partial charge in [0, 0.05) is 13.2 Å². The highest BCUT2D eigenvalue weighted by atomic mass is 35.5. The summed E-state index contributed by atoms with van der Waals surface area (Å²) in [6.45, 7) is 2.18. The van der Waals surface area contributed by atoms with Crippen LogP contribution in [0, 0.1) is 0 Å². The Bertz CT molecular complexity index is 439. The van der Waals surface area contributed by atoms with Gasteiger partial charge < -0.3 is 5.32 Å². The fourth-order valence-corrected chi connectivity index (χ4v) is 1.76. The first-order valence-electron chi connectivity index (χ1n) is 5.55. The summed E-state index contributed by atoms with van der Waals surface area (Å²) in [6.07, 6.45) is 4.89. The minimum atomic E-state index is 0. The minimum Gasteiger partial charge on any atom is -0.386 e. The molecular weight excluding hydrogens is 234 g/mol. The Kier molecular flexibility index (Phi) is 5.04. The van der Waals surface area contributed by atoms with Crippen molar-refractivity contribution in [2.75, 3.05) is 12.4 Å². The summed E-state index contributed by atoms with van der Waals surface area (Å²) < 4.78 is 2.00. The SMILES string of the molecule is CNc1cnn(C(C)Cc2ccccc2)c1.Cl. The Hall–Kier alpha value is -1.48.